The molecule has 0 bridgehead atoms. The lowest BCUT2D eigenvalue weighted by atomic mass is 9.97. The maximum Gasteiger partial charge on any atom is 0.330 e. The van der Waals surface area contributed by atoms with Gasteiger partial charge in [0, 0.05) is 5.39 Å². The van der Waals surface area contributed by atoms with Gasteiger partial charge in [-0.2, -0.15) is 5.10 Å². The zero-order valence-corrected chi connectivity index (χ0v) is 16.6. The van der Waals surface area contributed by atoms with Crippen molar-refractivity contribution in [3.05, 3.63) is 24.4 Å². The third-order valence-corrected chi connectivity index (χ3v) is 8.32. The van der Waals surface area contributed by atoms with Crippen molar-refractivity contribution in [2.45, 2.75) is 61.6 Å². The summed E-state index contributed by atoms with van der Waals surface area (Å²) < 4.78 is 32.2. The summed E-state index contributed by atoms with van der Waals surface area (Å²) >= 11 is 0. The third-order valence-electron chi connectivity index (χ3n) is 6.00. The smallest absolute Gasteiger partial charge is 0.330 e. The Kier molecular flexibility index (Phi) is 4.74. The van der Waals surface area contributed by atoms with Gasteiger partial charge in [0.2, 0.25) is 0 Å². The molecule has 2 aromatic rings. The molecule has 1 heterocycles. The van der Waals surface area contributed by atoms with Crippen molar-refractivity contribution in [3.8, 4) is 0 Å². The summed E-state index contributed by atoms with van der Waals surface area (Å²) in [6.45, 7) is 2.24. The standard InChI is InChI=1S/C20H26N2O4S/c1-13-6-7-14(10-13)11-18(20(23)26-2)22-17-4-3-5-19(16(17)12-21-22)27(24,25)15-8-9-15/h3-5,12-15,18H,6-11H2,1-2H3/t13?,14-,18?/m0/s1. The van der Waals surface area contributed by atoms with Gasteiger partial charge in [-0.3, -0.25) is 4.68 Å². The van der Waals surface area contributed by atoms with Crippen molar-refractivity contribution >= 4 is 26.7 Å². The molecule has 2 fully saturated rings. The molecular formula is C20H26N2O4S. The first-order chi connectivity index (χ1) is 12.9. The van der Waals surface area contributed by atoms with Crippen LogP contribution in [0.4, 0.5) is 0 Å². The molecule has 6 nitrogen and oxygen atoms in total. The maximum atomic E-state index is 12.8. The van der Waals surface area contributed by atoms with Crippen LogP contribution in [0.1, 0.15) is 51.5 Å². The van der Waals surface area contributed by atoms with E-state index in [0.717, 1.165) is 25.7 Å². The zero-order valence-electron chi connectivity index (χ0n) is 15.8. The number of hydrogen-bond acceptors (Lipinski definition) is 5. The molecule has 7 heteroatoms. The Labute approximate surface area is 159 Å². The predicted molar refractivity (Wildman–Crippen MR) is 102 cm³/mol. The number of esters is 1. The highest BCUT2D eigenvalue weighted by atomic mass is 32.2. The number of carbonyl (C=O) groups excluding carboxylic acids is 1. The number of ether oxygens (including phenoxy) is 1. The summed E-state index contributed by atoms with van der Waals surface area (Å²) in [6.07, 6.45) is 7.09. The van der Waals surface area contributed by atoms with Gasteiger partial charge in [-0.1, -0.05) is 25.8 Å². The summed E-state index contributed by atoms with van der Waals surface area (Å²) in [7, 11) is -1.94. The average molecular weight is 391 g/mol. The van der Waals surface area contributed by atoms with Gasteiger partial charge in [0.25, 0.3) is 0 Å². The van der Waals surface area contributed by atoms with Gasteiger partial charge in [0.15, 0.2) is 9.84 Å². The molecule has 0 N–H and O–H groups in total. The summed E-state index contributed by atoms with van der Waals surface area (Å²) in [5.41, 5.74) is 0.679. The molecule has 0 amide bonds. The van der Waals surface area contributed by atoms with Crippen LogP contribution in [0.15, 0.2) is 29.3 Å². The number of methoxy groups -OCH3 is 1. The monoisotopic (exact) mass is 390 g/mol. The van der Waals surface area contributed by atoms with E-state index in [2.05, 4.69) is 12.0 Å². The summed E-state index contributed by atoms with van der Waals surface area (Å²) in [5.74, 6) is 0.815. The molecule has 0 saturated heterocycles. The van der Waals surface area contributed by atoms with Crippen LogP contribution in [-0.2, 0) is 19.4 Å². The molecule has 0 spiro atoms. The van der Waals surface area contributed by atoms with Crippen LogP contribution >= 0.6 is 0 Å². The molecule has 0 radical (unpaired) electrons. The highest BCUT2D eigenvalue weighted by molar-refractivity contribution is 7.92. The molecule has 2 aliphatic rings. The van der Waals surface area contributed by atoms with Gasteiger partial charge >= 0.3 is 5.97 Å². The minimum absolute atomic E-state index is 0.275. The zero-order chi connectivity index (χ0) is 19.2. The van der Waals surface area contributed by atoms with Gasteiger partial charge in [-0.05, 0) is 49.7 Å². The topological polar surface area (TPSA) is 78.3 Å². The molecule has 27 heavy (non-hydrogen) atoms. The van der Waals surface area contributed by atoms with Crippen molar-refractivity contribution in [1.29, 1.82) is 0 Å². The SMILES string of the molecule is COC(=O)C(C[C@H]1CCC(C)C1)n1ncc2c(S(=O)(=O)C3CC3)cccc21. The summed E-state index contributed by atoms with van der Waals surface area (Å²) in [5, 5.41) is 4.75. The highest BCUT2D eigenvalue weighted by Gasteiger charge is 2.38. The molecular weight excluding hydrogens is 364 g/mol. The van der Waals surface area contributed by atoms with Crippen molar-refractivity contribution in [2.75, 3.05) is 7.11 Å². The second-order valence-corrected chi connectivity index (χ2v) is 10.3. The number of sulfone groups is 1. The maximum absolute atomic E-state index is 12.8. The Morgan fingerprint density at radius 3 is 2.70 bits per heavy atom. The molecule has 0 aliphatic heterocycles. The molecule has 1 aromatic heterocycles. The van der Waals surface area contributed by atoms with Gasteiger partial charge in [0.1, 0.15) is 6.04 Å². The predicted octanol–water partition coefficient (Wildman–Crippen LogP) is 3.51. The summed E-state index contributed by atoms with van der Waals surface area (Å²) in [6, 6.07) is 4.69. The molecule has 2 saturated carbocycles. The van der Waals surface area contributed by atoms with E-state index >= 15 is 0 Å². The van der Waals surface area contributed by atoms with E-state index in [-0.39, 0.29) is 11.2 Å². The fourth-order valence-electron chi connectivity index (χ4n) is 4.39. The van der Waals surface area contributed by atoms with Crippen molar-refractivity contribution in [3.63, 3.8) is 0 Å². The number of fused-ring (bicyclic) bond motifs is 1. The molecule has 146 valence electrons. The number of carbonyl (C=O) groups is 1. The van der Waals surface area contributed by atoms with Crippen LogP contribution in [-0.4, -0.2) is 36.5 Å². The van der Waals surface area contributed by atoms with E-state index in [9.17, 15) is 13.2 Å². The van der Waals surface area contributed by atoms with Crippen molar-refractivity contribution in [2.24, 2.45) is 11.8 Å². The van der Waals surface area contributed by atoms with Crippen LogP contribution in [0.25, 0.3) is 10.9 Å². The lowest BCUT2D eigenvalue weighted by Gasteiger charge is -2.20. The van der Waals surface area contributed by atoms with Crippen LogP contribution in [0, 0.1) is 11.8 Å². The van der Waals surface area contributed by atoms with E-state index in [0.29, 0.717) is 34.1 Å². The Bertz CT molecular complexity index is 962. The Balaban J connectivity index is 1.73. The van der Waals surface area contributed by atoms with E-state index in [1.807, 2.05) is 6.07 Å². The normalized spacial score (nSPS) is 24.2. The minimum atomic E-state index is -3.33. The van der Waals surface area contributed by atoms with E-state index in [1.54, 1.807) is 23.0 Å². The average Bonchev–Trinajstić information content (AvgIpc) is 3.32. The van der Waals surface area contributed by atoms with Crippen LogP contribution in [0.2, 0.25) is 0 Å². The third kappa shape index (κ3) is 3.37. The fourth-order valence-corrected chi connectivity index (χ4v) is 6.23. The first-order valence-electron chi connectivity index (χ1n) is 9.69. The van der Waals surface area contributed by atoms with E-state index in [4.69, 9.17) is 4.74 Å². The molecule has 2 aliphatic carbocycles. The van der Waals surface area contributed by atoms with Crippen molar-refractivity contribution < 1.29 is 17.9 Å². The minimum Gasteiger partial charge on any atom is -0.467 e. The van der Waals surface area contributed by atoms with Gasteiger partial charge in [0.05, 0.1) is 29.0 Å². The number of hydrogen-bond donors (Lipinski definition) is 0. The quantitative estimate of drug-likeness (QED) is 0.705. The highest BCUT2D eigenvalue weighted by Crippen LogP contribution is 2.39. The van der Waals surface area contributed by atoms with E-state index < -0.39 is 15.9 Å². The second kappa shape index (κ2) is 6.93. The van der Waals surface area contributed by atoms with Crippen LogP contribution < -0.4 is 0 Å². The fraction of sp³-hybridized carbons (Fsp3) is 0.600. The number of rotatable bonds is 6. The molecule has 2 unspecified atom stereocenters. The second-order valence-electron chi connectivity index (χ2n) is 8.08. The summed E-state index contributed by atoms with van der Waals surface area (Å²) in [4.78, 5) is 12.8. The molecule has 1 aromatic carbocycles. The van der Waals surface area contributed by atoms with E-state index in [1.165, 1.54) is 13.5 Å². The first-order valence-corrected chi connectivity index (χ1v) is 11.2. The number of benzene rings is 1. The van der Waals surface area contributed by atoms with Gasteiger partial charge < -0.3 is 4.74 Å². The van der Waals surface area contributed by atoms with Crippen LogP contribution in [0.5, 0.6) is 0 Å². The molecule has 3 atom stereocenters. The van der Waals surface area contributed by atoms with Crippen molar-refractivity contribution in [1.82, 2.24) is 9.78 Å². The number of aromatic nitrogens is 2. The Hall–Kier alpha value is -1.89. The van der Waals surface area contributed by atoms with Gasteiger partial charge in [-0.15, -0.1) is 0 Å². The van der Waals surface area contributed by atoms with Crippen LogP contribution in [0.3, 0.4) is 0 Å². The Morgan fingerprint density at radius 1 is 1.30 bits per heavy atom. The first kappa shape index (κ1) is 18.5. The number of nitrogens with zero attached hydrogens (tertiary/aromatic N) is 2. The largest absolute Gasteiger partial charge is 0.467 e. The Morgan fingerprint density at radius 2 is 2.07 bits per heavy atom. The lowest BCUT2D eigenvalue weighted by Crippen LogP contribution is -2.24. The lowest BCUT2D eigenvalue weighted by molar-refractivity contribution is -0.145. The van der Waals surface area contributed by atoms with Gasteiger partial charge in [-0.25, -0.2) is 13.2 Å². The molecule has 4 rings (SSSR count).